The molecule has 4 nitrogen and oxygen atoms in total. The van der Waals surface area contributed by atoms with E-state index in [9.17, 15) is 4.79 Å². The Morgan fingerprint density at radius 1 is 1.15 bits per heavy atom. The van der Waals surface area contributed by atoms with Crippen molar-refractivity contribution in [1.82, 2.24) is 15.2 Å². The van der Waals surface area contributed by atoms with Gasteiger partial charge in [-0.3, -0.25) is 9.78 Å². The van der Waals surface area contributed by atoms with Crippen LogP contribution in [0.3, 0.4) is 0 Å². The lowest BCUT2D eigenvalue weighted by molar-refractivity contribution is 0.0912. The number of hydrogen-bond donors (Lipinski definition) is 1. The molecule has 2 heterocycles. The van der Waals surface area contributed by atoms with Crippen molar-refractivity contribution in [3.63, 3.8) is 0 Å². The predicted molar refractivity (Wildman–Crippen MR) is 111 cm³/mol. The number of pyridine rings is 1. The van der Waals surface area contributed by atoms with Crippen molar-refractivity contribution in [2.24, 2.45) is 0 Å². The van der Waals surface area contributed by atoms with Gasteiger partial charge in [0.2, 0.25) is 0 Å². The zero-order valence-corrected chi connectivity index (χ0v) is 15.9. The summed E-state index contributed by atoms with van der Waals surface area (Å²) in [6.07, 6.45) is 6.30. The molecule has 0 aliphatic carbocycles. The number of unbranched alkanes of at least 4 members (excludes halogenated alkanes) is 1. The van der Waals surface area contributed by atoms with E-state index in [0.717, 1.165) is 47.6 Å². The van der Waals surface area contributed by atoms with Gasteiger partial charge in [0.25, 0.3) is 5.91 Å². The van der Waals surface area contributed by atoms with E-state index in [0.29, 0.717) is 5.56 Å². The van der Waals surface area contributed by atoms with Crippen LogP contribution in [-0.2, 0) is 0 Å². The number of fused-ring (bicyclic) bond motifs is 3. The molecule has 1 fully saturated rings. The van der Waals surface area contributed by atoms with Crippen molar-refractivity contribution in [1.29, 1.82) is 0 Å². The van der Waals surface area contributed by atoms with Crippen molar-refractivity contribution in [2.75, 3.05) is 19.6 Å². The van der Waals surface area contributed by atoms with Crippen LogP contribution in [0.1, 0.15) is 43.0 Å². The van der Waals surface area contributed by atoms with E-state index in [1.165, 1.54) is 19.4 Å². The number of nitrogens with zero attached hydrogens (tertiary/aromatic N) is 2. The second-order valence-corrected chi connectivity index (χ2v) is 7.49. The van der Waals surface area contributed by atoms with E-state index in [4.69, 9.17) is 0 Å². The monoisotopic (exact) mass is 361 g/mol. The Morgan fingerprint density at radius 3 is 2.74 bits per heavy atom. The van der Waals surface area contributed by atoms with Gasteiger partial charge in [0.05, 0.1) is 11.1 Å². The SMILES string of the molecule is CCCCN1CCC(NC(=O)c2cc3ccccc3c3cccnc23)CC1. The summed E-state index contributed by atoms with van der Waals surface area (Å²) in [7, 11) is 0. The Labute approximate surface area is 160 Å². The predicted octanol–water partition coefficient (Wildman–Crippen LogP) is 4.38. The fourth-order valence-electron chi connectivity index (χ4n) is 4.05. The molecule has 1 N–H and O–H groups in total. The highest BCUT2D eigenvalue weighted by molar-refractivity contribution is 6.15. The summed E-state index contributed by atoms with van der Waals surface area (Å²) < 4.78 is 0. The van der Waals surface area contributed by atoms with Gasteiger partial charge >= 0.3 is 0 Å². The molecule has 0 bridgehead atoms. The summed E-state index contributed by atoms with van der Waals surface area (Å²) in [6, 6.07) is 14.4. The zero-order valence-electron chi connectivity index (χ0n) is 15.9. The number of likely N-dealkylation sites (tertiary alicyclic amines) is 1. The van der Waals surface area contributed by atoms with Crippen LogP contribution in [0.2, 0.25) is 0 Å². The zero-order chi connectivity index (χ0) is 18.6. The summed E-state index contributed by atoms with van der Waals surface area (Å²) in [5.41, 5.74) is 1.46. The number of benzene rings is 2. The molecular formula is C23H27N3O. The van der Waals surface area contributed by atoms with E-state index >= 15 is 0 Å². The fraction of sp³-hybridized carbons (Fsp3) is 0.391. The molecule has 0 radical (unpaired) electrons. The van der Waals surface area contributed by atoms with Crippen LogP contribution in [0.15, 0.2) is 48.7 Å². The Kier molecular flexibility index (Phi) is 5.35. The Bertz CT molecular complexity index is 945. The first kappa shape index (κ1) is 17.9. The molecule has 4 heteroatoms. The van der Waals surface area contributed by atoms with Gasteiger partial charge in [-0.05, 0) is 48.7 Å². The lowest BCUT2D eigenvalue weighted by Crippen LogP contribution is -2.44. The maximum absolute atomic E-state index is 13.1. The van der Waals surface area contributed by atoms with Gasteiger partial charge in [-0.1, -0.05) is 43.7 Å². The molecule has 1 saturated heterocycles. The van der Waals surface area contributed by atoms with Crippen molar-refractivity contribution in [2.45, 2.75) is 38.6 Å². The second kappa shape index (κ2) is 8.05. The minimum absolute atomic E-state index is 0.00328. The summed E-state index contributed by atoms with van der Waals surface area (Å²) in [5.74, 6) is -0.00328. The number of amides is 1. The third-order valence-corrected chi connectivity index (χ3v) is 5.61. The van der Waals surface area contributed by atoms with Gasteiger partial charge < -0.3 is 10.2 Å². The number of rotatable bonds is 5. The molecule has 1 amide bonds. The van der Waals surface area contributed by atoms with E-state index in [1.807, 2.05) is 30.3 Å². The molecule has 2 aromatic carbocycles. The highest BCUT2D eigenvalue weighted by atomic mass is 16.1. The maximum atomic E-state index is 13.1. The quantitative estimate of drug-likeness (QED) is 0.686. The minimum Gasteiger partial charge on any atom is -0.349 e. The van der Waals surface area contributed by atoms with Gasteiger partial charge in [0.1, 0.15) is 0 Å². The minimum atomic E-state index is -0.00328. The van der Waals surface area contributed by atoms with Crippen molar-refractivity contribution >= 4 is 27.6 Å². The van der Waals surface area contributed by atoms with Crippen molar-refractivity contribution < 1.29 is 4.79 Å². The number of carbonyl (C=O) groups is 1. The highest BCUT2D eigenvalue weighted by Crippen LogP contribution is 2.27. The molecular weight excluding hydrogens is 334 g/mol. The number of carbonyl (C=O) groups excluding carboxylic acids is 1. The first-order valence-corrected chi connectivity index (χ1v) is 10.1. The molecule has 0 atom stereocenters. The third-order valence-electron chi connectivity index (χ3n) is 5.61. The Morgan fingerprint density at radius 2 is 1.93 bits per heavy atom. The lowest BCUT2D eigenvalue weighted by Gasteiger charge is -2.32. The van der Waals surface area contributed by atoms with E-state index in [1.54, 1.807) is 6.20 Å². The van der Waals surface area contributed by atoms with Crippen LogP contribution in [0.5, 0.6) is 0 Å². The smallest absolute Gasteiger partial charge is 0.253 e. The van der Waals surface area contributed by atoms with Gasteiger partial charge in [-0.25, -0.2) is 0 Å². The number of hydrogen-bond acceptors (Lipinski definition) is 3. The first-order valence-electron chi connectivity index (χ1n) is 10.1. The fourth-order valence-corrected chi connectivity index (χ4v) is 4.05. The average Bonchev–Trinajstić information content (AvgIpc) is 2.72. The maximum Gasteiger partial charge on any atom is 0.253 e. The van der Waals surface area contributed by atoms with E-state index in [-0.39, 0.29) is 11.9 Å². The highest BCUT2D eigenvalue weighted by Gasteiger charge is 2.22. The molecule has 27 heavy (non-hydrogen) atoms. The van der Waals surface area contributed by atoms with Gasteiger partial charge in [0, 0.05) is 30.7 Å². The van der Waals surface area contributed by atoms with E-state index in [2.05, 4.69) is 34.3 Å². The van der Waals surface area contributed by atoms with Crippen LogP contribution in [0, 0.1) is 0 Å². The summed E-state index contributed by atoms with van der Waals surface area (Å²) in [5, 5.41) is 6.52. The molecule has 3 aromatic rings. The number of aromatic nitrogens is 1. The van der Waals surface area contributed by atoms with Crippen LogP contribution in [-0.4, -0.2) is 41.5 Å². The van der Waals surface area contributed by atoms with Crippen LogP contribution in [0.4, 0.5) is 0 Å². The first-order chi connectivity index (χ1) is 13.3. The Balaban J connectivity index is 1.54. The molecule has 0 saturated carbocycles. The largest absolute Gasteiger partial charge is 0.349 e. The van der Waals surface area contributed by atoms with Crippen LogP contribution >= 0.6 is 0 Å². The van der Waals surface area contributed by atoms with E-state index < -0.39 is 0 Å². The molecule has 140 valence electrons. The van der Waals surface area contributed by atoms with Crippen molar-refractivity contribution in [3.8, 4) is 0 Å². The Hall–Kier alpha value is -2.46. The lowest BCUT2D eigenvalue weighted by atomic mass is 9.99. The molecule has 1 aliphatic heterocycles. The average molecular weight is 361 g/mol. The second-order valence-electron chi connectivity index (χ2n) is 7.49. The van der Waals surface area contributed by atoms with Crippen LogP contribution in [0.25, 0.3) is 21.7 Å². The molecule has 1 aliphatic rings. The van der Waals surface area contributed by atoms with Gasteiger partial charge in [-0.15, -0.1) is 0 Å². The number of nitrogens with one attached hydrogen (secondary N) is 1. The summed E-state index contributed by atoms with van der Waals surface area (Å²) in [6.45, 7) is 5.55. The topological polar surface area (TPSA) is 45.2 Å². The van der Waals surface area contributed by atoms with Crippen molar-refractivity contribution in [3.05, 3.63) is 54.2 Å². The molecule has 1 aromatic heterocycles. The van der Waals surface area contributed by atoms with Crippen LogP contribution < -0.4 is 5.32 Å². The third kappa shape index (κ3) is 3.81. The molecule has 0 unspecified atom stereocenters. The van der Waals surface area contributed by atoms with Gasteiger partial charge in [-0.2, -0.15) is 0 Å². The molecule has 0 spiro atoms. The van der Waals surface area contributed by atoms with Gasteiger partial charge in [0.15, 0.2) is 0 Å². The molecule has 4 rings (SSSR count). The normalized spacial score (nSPS) is 16.0. The summed E-state index contributed by atoms with van der Waals surface area (Å²) >= 11 is 0. The summed E-state index contributed by atoms with van der Waals surface area (Å²) in [4.78, 5) is 20.1. The number of piperidine rings is 1. The standard InChI is InChI=1S/C23H27N3O/c1-2-3-13-26-14-10-18(11-15-26)25-23(27)21-16-17-7-4-5-8-19(17)20-9-6-12-24-22(20)21/h4-9,12,16,18H,2-3,10-11,13-15H2,1H3,(H,25,27).